The predicted molar refractivity (Wildman–Crippen MR) is 68.6 cm³/mol. The van der Waals surface area contributed by atoms with E-state index in [2.05, 4.69) is 36.2 Å². The minimum absolute atomic E-state index is 0.166. The van der Waals surface area contributed by atoms with Crippen LogP contribution in [0.1, 0.15) is 5.69 Å². The van der Waals surface area contributed by atoms with Gasteiger partial charge in [0.2, 0.25) is 0 Å². The maximum atomic E-state index is 11.5. The number of H-pyrrole nitrogens is 1. The van der Waals surface area contributed by atoms with E-state index in [1.54, 1.807) is 12.4 Å². The minimum atomic E-state index is -0.166. The summed E-state index contributed by atoms with van der Waals surface area (Å²) in [5.41, 5.74) is 1.31. The van der Waals surface area contributed by atoms with E-state index in [0.29, 0.717) is 18.1 Å². The molecule has 0 aliphatic rings. The van der Waals surface area contributed by atoms with Crippen LogP contribution in [-0.2, 0) is 6.54 Å². The maximum absolute atomic E-state index is 11.5. The lowest BCUT2D eigenvalue weighted by molar-refractivity contribution is 0.785. The van der Waals surface area contributed by atoms with Gasteiger partial charge in [-0.1, -0.05) is 0 Å². The molecule has 6 heteroatoms. The Hall–Kier alpha value is -1.53. The van der Waals surface area contributed by atoms with Crippen molar-refractivity contribution in [3.63, 3.8) is 0 Å². The summed E-state index contributed by atoms with van der Waals surface area (Å²) in [6.45, 7) is 0.554. The largest absolute Gasteiger partial charge is 0.314 e. The molecule has 2 N–H and O–H groups in total. The highest BCUT2D eigenvalue weighted by atomic mass is 79.9. The monoisotopic (exact) mass is 294 g/mol. The highest BCUT2D eigenvalue weighted by Gasteiger charge is 2.04. The average Bonchev–Trinajstić information content (AvgIpc) is 2.28. The van der Waals surface area contributed by atoms with Crippen LogP contribution in [0, 0.1) is 0 Å². The second-order valence-electron chi connectivity index (χ2n) is 3.51. The highest BCUT2D eigenvalue weighted by molar-refractivity contribution is 9.10. The number of halogens is 1. The fourth-order valence-corrected chi connectivity index (χ4v) is 1.82. The number of nitrogens with one attached hydrogen (secondary N) is 2. The fraction of sp³-hybridized carbons (Fsp3) is 0.182. The Kier molecular flexibility index (Phi) is 3.65. The topological polar surface area (TPSA) is 70.7 Å². The number of rotatable bonds is 3. The number of pyridine rings is 1. The van der Waals surface area contributed by atoms with Crippen molar-refractivity contribution in [2.45, 2.75) is 6.54 Å². The molecule has 0 unspecified atom stereocenters. The first-order valence-electron chi connectivity index (χ1n) is 5.05. The van der Waals surface area contributed by atoms with Gasteiger partial charge in [-0.25, -0.2) is 4.98 Å². The molecule has 0 radical (unpaired) electrons. The molecule has 0 amide bonds. The number of aromatic nitrogens is 3. The molecule has 2 heterocycles. The third kappa shape index (κ3) is 2.98. The Morgan fingerprint density at radius 2 is 2.24 bits per heavy atom. The lowest BCUT2D eigenvalue weighted by Gasteiger charge is -2.04. The van der Waals surface area contributed by atoms with Crippen LogP contribution in [0.25, 0.3) is 11.4 Å². The van der Waals surface area contributed by atoms with Crippen molar-refractivity contribution in [2.75, 3.05) is 7.05 Å². The Bertz CT molecular complexity index is 582. The molecule has 2 rings (SSSR count). The van der Waals surface area contributed by atoms with Gasteiger partial charge in [0.1, 0.15) is 5.82 Å². The van der Waals surface area contributed by atoms with Gasteiger partial charge in [0.15, 0.2) is 0 Å². The van der Waals surface area contributed by atoms with E-state index in [0.717, 1.165) is 10.0 Å². The molecule has 0 aromatic carbocycles. The second kappa shape index (κ2) is 5.20. The predicted octanol–water partition coefficient (Wildman–Crippen LogP) is 1.31. The Balaban J connectivity index is 2.48. The van der Waals surface area contributed by atoms with Gasteiger partial charge in [-0.3, -0.25) is 9.78 Å². The lowest BCUT2D eigenvalue weighted by Crippen LogP contribution is -2.14. The molecule has 17 heavy (non-hydrogen) atoms. The summed E-state index contributed by atoms with van der Waals surface area (Å²) in [5.74, 6) is 0.525. The molecule has 0 fully saturated rings. The SMILES string of the molecule is CNCc1cc(=O)[nH]c(-c2cncc(Br)c2)n1. The number of hydrogen-bond donors (Lipinski definition) is 2. The van der Waals surface area contributed by atoms with E-state index < -0.39 is 0 Å². The zero-order valence-electron chi connectivity index (χ0n) is 9.20. The zero-order chi connectivity index (χ0) is 12.3. The average molecular weight is 295 g/mol. The number of nitrogens with zero attached hydrogens (tertiary/aromatic N) is 2. The van der Waals surface area contributed by atoms with Crippen LogP contribution in [0.15, 0.2) is 33.8 Å². The van der Waals surface area contributed by atoms with E-state index in [9.17, 15) is 4.79 Å². The smallest absolute Gasteiger partial charge is 0.251 e. The molecule has 0 bridgehead atoms. The summed E-state index contributed by atoms with van der Waals surface area (Å²) in [6.07, 6.45) is 3.34. The first kappa shape index (κ1) is 11.9. The summed E-state index contributed by atoms with van der Waals surface area (Å²) in [5, 5.41) is 2.96. The van der Waals surface area contributed by atoms with Crippen LogP contribution in [0.2, 0.25) is 0 Å². The van der Waals surface area contributed by atoms with Crippen LogP contribution in [0.4, 0.5) is 0 Å². The van der Waals surface area contributed by atoms with Gasteiger partial charge in [-0.2, -0.15) is 0 Å². The van der Waals surface area contributed by atoms with E-state index in [1.807, 2.05) is 13.1 Å². The van der Waals surface area contributed by atoms with Gasteiger partial charge in [0.25, 0.3) is 5.56 Å². The Morgan fingerprint density at radius 3 is 2.94 bits per heavy atom. The van der Waals surface area contributed by atoms with Crippen LogP contribution >= 0.6 is 15.9 Å². The van der Waals surface area contributed by atoms with Crippen molar-refractivity contribution >= 4 is 15.9 Å². The van der Waals surface area contributed by atoms with E-state index >= 15 is 0 Å². The fourth-order valence-electron chi connectivity index (χ4n) is 1.46. The summed E-state index contributed by atoms with van der Waals surface area (Å²) in [7, 11) is 1.81. The van der Waals surface area contributed by atoms with Gasteiger partial charge < -0.3 is 10.3 Å². The summed E-state index contributed by atoms with van der Waals surface area (Å²) in [4.78, 5) is 22.6. The van der Waals surface area contributed by atoms with Gasteiger partial charge in [-0.05, 0) is 29.0 Å². The molecule has 5 nitrogen and oxygen atoms in total. The first-order valence-corrected chi connectivity index (χ1v) is 5.84. The van der Waals surface area contributed by atoms with Crippen molar-refractivity contribution in [3.05, 3.63) is 45.0 Å². The minimum Gasteiger partial charge on any atom is -0.314 e. The van der Waals surface area contributed by atoms with E-state index in [4.69, 9.17) is 0 Å². The number of hydrogen-bond acceptors (Lipinski definition) is 4. The van der Waals surface area contributed by atoms with Gasteiger partial charge in [0.05, 0.1) is 5.69 Å². The molecule has 88 valence electrons. The van der Waals surface area contributed by atoms with Crippen molar-refractivity contribution in [2.24, 2.45) is 0 Å². The summed E-state index contributed by atoms with van der Waals surface area (Å²) >= 11 is 3.33. The molecule has 0 aliphatic carbocycles. The lowest BCUT2D eigenvalue weighted by atomic mass is 10.2. The molecule has 2 aromatic heterocycles. The number of aromatic amines is 1. The summed E-state index contributed by atoms with van der Waals surface area (Å²) in [6, 6.07) is 3.33. The molecule has 0 saturated heterocycles. The van der Waals surface area contributed by atoms with E-state index in [-0.39, 0.29) is 5.56 Å². The normalized spacial score (nSPS) is 10.5. The second-order valence-corrected chi connectivity index (χ2v) is 4.42. The van der Waals surface area contributed by atoms with Crippen LogP contribution < -0.4 is 10.9 Å². The molecule has 0 spiro atoms. The van der Waals surface area contributed by atoms with Gasteiger partial charge in [-0.15, -0.1) is 0 Å². The third-order valence-corrected chi connectivity index (χ3v) is 2.56. The van der Waals surface area contributed by atoms with Crippen molar-refractivity contribution in [3.8, 4) is 11.4 Å². The molecular weight excluding hydrogens is 284 g/mol. The molecule has 0 saturated carbocycles. The summed E-state index contributed by atoms with van der Waals surface area (Å²) < 4.78 is 0.844. The van der Waals surface area contributed by atoms with E-state index in [1.165, 1.54) is 6.07 Å². The molecule has 0 aliphatic heterocycles. The Morgan fingerprint density at radius 1 is 1.41 bits per heavy atom. The standard InChI is InChI=1S/C11H11BrN4O/c1-13-6-9-3-10(17)16-11(15-9)7-2-8(12)5-14-4-7/h2-5,13H,6H2,1H3,(H,15,16,17). The van der Waals surface area contributed by atoms with Crippen molar-refractivity contribution < 1.29 is 0 Å². The quantitative estimate of drug-likeness (QED) is 0.896. The Labute approximate surface area is 106 Å². The molecule has 2 aromatic rings. The highest BCUT2D eigenvalue weighted by Crippen LogP contribution is 2.17. The van der Waals surface area contributed by atoms with Gasteiger partial charge >= 0.3 is 0 Å². The molecular formula is C11H11BrN4O. The van der Waals surface area contributed by atoms with Crippen molar-refractivity contribution in [1.82, 2.24) is 20.3 Å². The van der Waals surface area contributed by atoms with Crippen molar-refractivity contribution in [1.29, 1.82) is 0 Å². The van der Waals surface area contributed by atoms with Gasteiger partial charge in [0, 0.05) is 35.0 Å². The zero-order valence-corrected chi connectivity index (χ0v) is 10.8. The van der Waals surface area contributed by atoms with Crippen LogP contribution in [0.5, 0.6) is 0 Å². The molecule has 0 atom stereocenters. The maximum Gasteiger partial charge on any atom is 0.251 e. The first-order chi connectivity index (χ1) is 8.19. The van der Waals surface area contributed by atoms with Crippen LogP contribution in [0.3, 0.4) is 0 Å². The van der Waals surface area contributed by atoms with Crippen LogP contribution in [-0.4, -0.2) is 22.0 Å². The third-order valence-electron chi connectivity index (χ3n) is 2.13.